The van der Waals surface area contributed by atoms with E-state index in [0.717, 1.165) is 0 Å². The first-order chi connectivity index (χ1) is 9.18. The molecule has 3 unspecified atom stereocenters. The topological polar surface area (TPSA) is 78.9 Å². The van der Waals surface area contributed by atoms with Crippen LogP contribution >= 0.6 is 0 Å². The number of nitrogens with zero attached hydrogens (tertiary/aromatic N) is 1. The summed E-state index contributed by atoms with van der Waals surface area (Å²) in [5, 5.41) is 12.1. The second kappa shape index (κ2) is 6.43. The maximum absolute atomic E-state index is 12.4. The summed E-state index contributed by atoms with van der Waals surface area (Å²) < 4.78 is 5.23. The van der Waals surface area contributed by atoms with Crippen molar-refractivity contribution in [3.8, 4) is 0 Å². The van der Waals surface area contributed by atoms with Crippen LogP contribution < -0.4 is 5.32 Å². The molecule has 1 heterocycles. The van der Waals surface area contributed by atoms with E-state index in [1.807, 2.05) is 34.6 Å². The third-order valence-corrected chi connectivity index (χ3v) is 4.01. The molecule has 2 amide bonds. The second-order valence-electron chi connectivity index (χ2n) is 6.37. The molecular formula is C14H26N2O4. The molecule has 0 aromatic heterocycles. The maximum Gasteiger partial charge on any atom is 0.317 e. The number of hydrogen-bond donors (Lipinski definition) is 2. The molecule has 0 aromatic carbocycles. The number of urea groups is 1. The predicted molar refractivity (Wildman–Crippen MR) is 75.6 cm³/mol. The summed E-state index contributed by atoms with van der Waals surface area (Å²) in [5.74, 6) is -1.56. The summed E-state index contributed by atoms with van der Waals surface area (Å²) in [4.78, 5) is 25.1. The lowest BCUT2D eigenvalue weighted by atomic mass is 9.88. The summed E-state index contributed by atoms with van der Waals surface area (Å²) in [5.41, 5.74) is -0.0482. The molecule has 3 atom stereocenters. The van der Waals surface area contributed by atoms with Crippen LogP contribution in [0.5, 0.6) is 0 Å². The van der Waals surface area contributed by atoms with Crippen molar-refractivity contribution >= 4 is 12.0 Å². The van der Waals surface area contributed by atoms with Gasteiger partial charge in [-0.25, -0.2) is 4.79 Å². The van der Waals surface area contributed by atoms with E-state index in [1.54, 1.807) is 4.90 Å². The van der Waals surface area contributed by atoms with Gasteiger partial charge in [0.25, 0.3) is 0 Å². The molecule has 1 rings (SSSR count). The number of carboxylic acids is 1. The molecule has 0 bridgehead atoms. The maximum atomic E-state index is 12.4. The molecule has 1 fully saturated rings. The monoisotopic (exact) mass is 286 g/mol. The number of carbonyl (C=O) groups is 2. The Morgan fingerprint density at radius 3 is 2.45 bits per heavy atom. The molecule has 0 aromatic rings. The van der Waals surface area contributed by atoms with Gasteiger partial charge in [0.1, 0.15) is 5.92 Å². The van der Waals surface area contributed by atoms with E-state index in [-0.39, 0.29) is 30.7 Å². The molecule has 6 nitrogen and oxygen atoms in total. The number of ether oxygens (including phenoxy) is 1. The average Bonchev–Trinajstić information content (AvgIpc) is 2.77. The Hall–Kier alpha value is -1.30. The van der Waals surface area contributed by atoms with Gasteiger partial charge < -0.3 is 20.1 Å². The SMILES string of the molecule is CCN(C(=O)NC(C)C(C)(C)C)C1COCC1C(=O)O. The van der Waals surface area contributed by atoms with Gasteiger partial charge in [0.15, 0.2) is 0 Å². The lowest BCUT2D eigenvalue weighted by Gasteiger charge is -2.34. The molecule has 116 valence electrons. The van der Waals surface area contributed by atoms with Gasteiger partial charge in [0, 0.05) is 12.6 Å². The van der Waals surface area contributed by atoms with Gasteiger partial charge in [-0.2, -0.15) is 0 Å². The highest BCUT2D eigenvalue weighted by molar-refractivity contribution is 5.77. The molecular weight excluding hydrogens is 260 g/mol. The highest BCUT2D eigenvalue weighted by Gasteiger charge is 2.40. The van der Waals surface area contributed by atoms with Gasteiger partial charge in [0.2, 0.25) is 0 Å². The van der Waals surface area contributed by atoms with E-state index < -0.39 is 17.9 Å². The van der Waals surface area contributed by atoms with E-state index in [4.69, 9.17) is 4.74 Å². The third kappa shape index (κ3) is 3.85. The second-order valence-corrected chi connectivity index (χ2v) is 6.37. The zero-order chi connectivity index (χ0) is 15.5. The van der Waals surface area contributed by atoms with Crippen LogP contribution in [0.25, 0.3) is 0 Å². The first-order valence-corrected chi connectivity index (χ1v) is 7.06. The first kappa shape index (κ1) is 16.8. The molecule has 6 heteroatoms. The van der Waals surface area contributed by atoms with Crippen LogP contribution in [0.4, 0.5) is 4.79 Å². The number of hydrogen-bond acceptors (Lipinski definition) is 3. The summed E-state index contributed by atoms with van der Waals surface area (Å²) in [6.07, 6.45) is 0. The summed E-state index contributed by atoms with van der Waals surface area (Å²) >= 11 is 0. The first-order valence-electron chi connectivity index (χ1n) is 7.06. The highest BCUT2D eigenvalue weighted by atomic mass is 16.5. The Kier molecular flexibility index (Phi) is 5.39. The van der Waals surface area contributed by atoms with E-state index in [1.165, 1.54) is 0 Å². The smallest absolute Gasteiger partial charge is 0.317 e. The molecule has 1 aliphatic heterocycles. The van der Waals surface area contributed by atoms with Gasteiger partial charge in [-0.05, 0) is 19.3 Å². The van der Waals surface area contributed by atoms with E-state index in [0.29, 0.717) is 6.54 Å². The summed E-state index contributed by atoms with van der Waals surface area (Å²) in [6, 6.07) is -0.629. The predicted octanol–water partition coefficient (Wildman–Crippen LogP) is 1.55. The Bertz CT molecular complexity index is 365. The highest BCUT2D eigenvalue weighted by Crippen LogP contribution is 2.22. The molecule has 2 N–H and O–H groups in total. The van der Waals surface area contributed by atoms with Crippen LogP contribution in [0.3, 0.4) is 0 Å². The minimum atomic E-state index is -0.914. The minimum Gasteiger partial charge on any atom is -0.481 e. The Balaban J connectivity index is 2.75. The van der Waals surface area contributed by atoms with Gasteiger partial charge >= 0.3 is 12.0 Å². The third-order valence-electron chi connectivity index (χ3n) is 4.01. The molecule has 1 aliphatic rings. The van der Waals surface area contributed by atoms with Crippen LogP contribution in [0.15, 0.2) is 0 Å². The fraction of sp³-hybridized carbons (Fsp3) is 0.857. The van der Waals surface area contributed by atoms with E-state index in [2.05, 4.69) is 5.32 Å². The van der Waals surface area contributed by atoms with Gasteiger partial charge in [-0.15, -0.1) is 0 Å². The van der Waals surface area contributed by atoms with Crippen molar-refractivity contribution in [3.63, 3.8) is 0 Å². The van der Waals surface area contributed by atoms with Crippen LogP contribution in [-0.4, -0.2) is 53.8 Å². The number of aliphatic carboxylic acids is 1. The van der Waals surface area contributed by atoms with Crippen molar-refractivity contribution in [2.75, 3.05) is 19.8 Å². The standard InChI is InChI=1S/C14H26N2O4/c1-6-16(11-8-20-7-10(11)12(17)18)13(19)15-9(2)14(3,4)5/h9-11H,6-8H2,1-5H3,(H,15,19)(H,17,18). The number of nitrogens with one attached hydrogen (secondary N) is 1. The van der Waals surface area contributed by atoms with Crippen LogP contribution in [-0.2, 0) is 9.53 Å². The fourth-order valence-corrected chi connectivity index (χ4v) is 2.10. The quantitative estimate of drug-likeness (QED) is 0.822. The van der Waals surface area contributed by atoms with Crippen molar-refractivity contribution in [3.05, 3.63) is 0 Å². The Labute approximate surface area is 120 Å². The summed E-state index contributed by atoms with van der Waals surface area (Å²) in [7, 11) is 0. The lowest BCUT2D eigenvalue weighted by Crippen LogP contribution is -2.54. The van der Waals surface area contributed by atoms with Crippen molar-refractivity contribution < 1.29 is 19.4 Å². The van der Waals surface area contributed by atoms with E-state index >= 15 is 0 Å². The van der Waals surface area contributed by atoms with Crippen LogP contribution in [0, 0.1) is 11.3 Å². The fourth-order valence-electron chi connectivity index (χ4n) is 2.10. The number of likely N-dealkylation sites (N-methyl/N-ethyl adjacent to an activating group) is 1. The van der Waals surface area contributed by atoms with Crippen molar-refractivity contribution in [2.24, 2.45) is 11.3 Å². The number of carboxylic acid groups (broad SMARTS) is 1. The van der Waals surface area contributed by atoms with Crippen molar-refractivity contribution in [1.29, 1.82) is 0 Å². The van der Waals surface area contributed by atoms with Gasteiger partial charge in [-0.1, -0.05) is 20.8 Å². The number of amides is 2. The van der Waals surface area contributed by atoms with Crippen LogP contribution in [0.2, 0.25) is 0 Å². The largest absolute Gasteiger partial charge is 0.481 e. The number of carbonyl (C=O) groups excluding carboxylic acids is 1. The number of rotatable bonds is 4. The van der Waals surface area contributed by atoms with Crippen molar-refractivity contribution in [2.45, 2.75) is 46.7 Å². The van der Waals surface area contributed by atoms with Gasteiger partial charge in [0.05, 0.1) is 19.3 Å². The molecule has 0 radical (unpaired) electrons. The Morgan fingerprint density at radius 2 is 2.00 bits per heavy atom. The van der Waals surface area contributed by atoms with E-state index in [9.17, 15) is 14.7 Å². The minimum absolute atomic E-state index is 0.00495. The molecule has 0 saturated carbocycles. The van der Waals surface area contributed by atoms with Crippen molar-refractivity contribution in [1.82, 2.24) is 10.2 Å². The molecule has 0 spiro atoms. The molecule has 20 heavy (non-hydrogen) atoms. The molecule has 1 saturated heterocycles. The zero-order valence-corrected chi connectivity index (χ0v) is 13.0. The Morgan fingerprint density at radius 1 is 1.40 bits per heavy atom. The average molecular weight is 286 g/mol. The molecule has 0 aliphatic carbocycles. The lowest BCUT2D eigenvalue weighted by molar-refractivity contribution is -0.142. The van der Waals surface area contributed by atoms with Gasteiger partial charge in [-0.3, -0.25) is 4.79 Å². The normalized spacial score (nSPS) is 24.2. The van der Waals surface area contributed by atoms with Crippen LogP contribution in [0.1, 0.15) is 34.6 Å². The zero-order valence-electron chi connectivity index (χ0n) is 13.0. The summed E-state index contributed by atoms with van der Waals surface area (Å²) in [6.45, 7) is 10.8.